The van der Waals surface area contributed by atoms with E-state index in [1.165, 1.54) is 17.3 Å². The zero-order chi connectivity index (χ0) is 13.0. The maximum absolute atomic E-state index is 12.0. The van der Waals surface area contributed by atoms with Crippen LogP contribution in [0.5, 0.6) is 0 Å². The van der Waals surface area contributed by atoms with Crippen molar-refractivity contribution in [2.24, 2.45) is 4.99 Å². The molecule has 1 heterocycles. The van der Waals surface area contributed by atoms with Gasteiger partial charge in [0.1, 0.15) is 4.38 Å². The van der Waals surface area contributed by atoms with Crippen molar-refractivity contribution in [3.8, 4) is 0 Å². The van der Waals surface area contributed by atoms with Crippen LogP contribution in [0.2, 0.25) is 0 Å². The van der Waals surface area contributed by atoms with Gasteiger partial charge >= 0.3 is 0 Å². The normalized spacial score (nSPS) is 16.2. The monoisotopic (exact) mass is 280 g/mol. The van der Waals surface area contributed by atoms with Gasteiger partial charge in [-0.1, -0.05) is 41.2 Å². The molecule has 1 aromatic rings. The topological polar surface area (TPSA) is 41.5 Å². The van der Waals surface area contributed by atoms with Gasteiger partial charge in [0.2, 0.25) is 5.91 Å². The van der Waals surface area contributed by atoms with Gasteiger partial charge in [-0.3, -0.25) is 9.79 Å². The van der Waals surface area contributed by atoms with E-state index in [-0.39, 0.29) is 11.2 Å². The van der Waals surface area contributed by atoms with Crippen LogP contribution in [0.25, 0.3) is 0 Å². The molecule has 0 aliphatic carbocycles. The third-order valence-electron chi connectivity index (χ3n) is 2.52. The van der Waals surface area contributed by atoms with Crippen molar-refractivity contribution >= 4 is 39.5 Å². The van der Waals surface area contributed by atoms with Gasteiger partial charge in [0.25, 0.3) is 0 Å². The largest absolute Gasteiger partial charge is 0.325 e. The molecule has 0 saturated carbocycles. The Morgan fingerprint density at radius 2 is 2.17 bits per heavy atom. The van der Waals surface area contributed by atoms with E-state index >= 15 is 0 Å². The Hall–Kier alpha value is -0.940. The Bertz CT molecular complexity index is 457. The number of hydrogen-bond donors (Lipinski definition) is 1. The molecule has 96 valence electrons. The Balaban J connectivity index is 1.88. The van der Waals surface area contributed by atoms with E-state index in [1.807, 2.05) is 38.1 Å². The standard InChI is InChI=1S/C13H16N2OS2/c1-9-3-5-11(6-4-9)15-12(16)10(2)18-13-14-7-8-17-13/h3-6,10H,7-8H2,1-2H3,(H,15,16)/t10-/m0/s1. The van der Waals surface area contributed by atoms with Crippen molar-refractivity contribution in [3.05, 3.63) is 29.8 Å². The van der Waals surface area contributed by atoms with E-state index < -0.39 is 0 Å². The number of benzene rings is 1. The predicted molar refractivity (Wildman–Crippen MR) is 81.6 cm³/mol. The van der Waals surface area contributed by atoms with Gasteiger partial charge in [0.05, 0.1) is 11.8 Å². The highest BCUT2D eigenvalue weighted by molar-refractivity contribution is 8.39. The number of nitrogens with one attached hydrogen (secondary N) is 1. The molecule has 1 N–H and O–H groups in total. The zero-order valence-electron chi connectivity index (χ0n) is 10.5. The minimum Gasteiger partial charge on any atom is -0.325 e. The van der Waals surface area contributed by atoms with Gasteiger partial charge in [-0.05, 0) is 26.0 Å². The molecule has 18 heavy (non-hydrogen) atoms. The molecule has 3 nitrogen and oxygen atoms in total. The van der Waals surface area contributed by atoms with Crippen molar-refractivity contribution in [1.29, 1.82) is 0 Å². The zero-order valence-corrected chi connectivity index (χ0v) is 12.1. The first kappa shape index (κ1) is 13.5. The van der Waals surface area contributed by atoms with Crippen molar-refractivity contribution in [3.63, 3.8) is 0 Å². The molecule has 0 spiro atoms. The van der Waals surface area contributed by atoms with Crippen LogP contribution in [-0.2, 0) is 4.79 Å². The fraction of sp³-hybridized carbons (Fsp3) is 0.385. The van der Waals surface area contributed by atoms with Crippen LogP contribution >= 0.6 is 23.5 Å². The minimum atomic E-state index is -0.115. The maximum atomic E-state index is 12.0. The van der Waals surface area contributed by atoms with Crippen LogP contribution in [0.1, 0.15) is 12.5 Å². The summed E-state index contributed by atoms with van der Waals surface area (Å²) in [6, 6.07) is 7.83. The highest BCUT2D eigenvalue weighted by atomic mass is 32.2. The molecular weight excluding hydrogens is 264 g/mol. The number of amides is 1. The van der Waals surface area contributed by atoms with Crippen LogP contribution < -0.4 is 5.32 Å². The fourth-order valence-corrected chi connectivity index (χ4v) is 3.60. The minimum absolute atomic E-state index is 0.0269. The van der Waals surface area contributed by atoms with Crippen molar-refractivity contribution < 1.29 is 4.79 Å². The molecule has 2 rings (SSSR count). The first-order valence-electron chi connectivity index (χ1n) is 5.86. The second-order valence-electron chi connectivity index (χ2n) is 4.11. The van der Waals surface area contributed by atoms with E-state index in [0.29, 0.717) is 0 Å². The molecule has 1 aliphatic heterocycles. The van der Waals surface area contributed by atoms with Crippen LogP contribution in [0, 0.1) is 6.92 Å². The molecule has 0 saturated heterocycles. The number of thioether (sulfide) groups is 2. The van der Waals surface area contributed by atoms with Gasteiger partial charge in [0.15, 0.2) is 0 Å². The Morgan fingerprint density at radius 1 is 1.44 bits per heavy atom. The Labute approximate surface area is 116 Å². The smallest absolute Gasteiger partial charge is 0.237 e. The number of aryl methyl sites for hydroxylation is 1. The number of nitrogens with zero attached hydrogens (tertiary/aromatic N) is 1. The van der Waals surface area contributed by atoms with E-state index in [4.69, 9.17) is 0 Å². The lowest BCUT2D eigenvalue weighted by molar-refractivity contribution is -0.115. The van der Waals surface area contributed by atoms with Gasteiger partial charge in [-0.2, -0.15) is 0 Å². The second-order valence-corrected chi connectivity index (χ2v) is 6.78. The van der Waals surface area contributed by atoms with E-state index in [2.05, 4.69) is 10.3 Å². The molecule has 1 aromatic carbocycles. The number of aliphatic imine (C=N–C) groups is 1. The summed E-state index contributed by atoms with van der Waals surface area (Å²) in [5.41, 5.74) is 2.03. The number of anilines is 1. The molecule has 1 aliphatic rings. The Morgan fingerprint density at radius 3 is 2.78 bits per heavy atom. The molecule has 0 bridgehead atoms. The average molecular weight is 280 g/mol. The quantitative estimate of drug-likeness (QED) is 0.924. The first-order valence-corrected chi connectivity index (χ1v) is 7.73. The third kappa shape index (κ3) is 3.78. The highest BCUT2D eigenvalue weighted by Gasteiger charge is 2.18. The third-order valence-corrected chi connectivity index (χ3v) is 4.83. The van der Waals surface area contributed by atoms with Gasteiger partial charge in [-0.25, -0.2) is 0 Å². The van der Waals surface area contributed by atoms with Gasteiger partial charge in [-0.15, -0.1) is 0 Å². The van der Waals surface area contributed by atoms with Crippen LogP contribution in [-0.4, -0.2) is 27.8 Å². The summed E-state index contributed by atoms with van der Waals surface area (Å²) in [5, 5.41) is 2.80. The SMILES string of the molecule is Cc1ccc(NC(=O)[C@H](C)SC2=NCCS2)cc1. The molecule has 5 heteroatoms. The van der Waals surface area contributed by atoms with Crippen LogP contribution in [0.3, 0.4) is 0 Å². The lowest BCUT2D eigenvalue weighted by Crippen LogP contribution is -2.23. The Kier molecular flexibility index (Phi) is 4.72. The summed E-state index contributed by atoms with van der Waals surface area (Å²) >= 11 is 3.27. The van der Waals surface area contributed by atoms with Crippen molar-refractivity contribution in [2.75, 3.05) is 17.6 Å². The maximum Gasteiger partial charge on any atom is 0.237 e. The second kappa shape index (κ2) is 6.29. The molecule has 1 atom stereocenters. The summed E-state index contributed by atoms with van der Waals surface area (Å²) in [6.07, 6.45) is 0. The molecule has 0 unspecified atom stereocenters. The van der Waals surface area contributed by atoms with E-state index in [9.17, 15) is 4.79 Å². The molecule has 0 fully saturated rings. The lowest BCUT2D eigenvalue weighted by atomic mass is 10.2. The van der Waals surface area contributed by atoms with Crippen LogP contribution in [0.4, 0.5) is 5.69 Å². The molecular formula is C13H16N2OS2. The summed E-state index contributed by atoms with van der Waals surface area (Å²) in [5.74, 6) is 1.06. The molecule has 1 amide bonds. The fourth-order valence-electron chi connectivity index (χ4n) is 1.47. The average Bonchev–Trinajstić information content (AvgIpc) is 2.85. The number of rotatable bonds is 3. The van der Waals surface area contributed by atoms with Crippen LogP contribution in [0.15, 0.2) is 29.3 Å². The summed E-state index contributed by atoms with van der Waals surface area (Å²) < 4.78 is 1.03. The number of hydrogen-bond acceptors (Lipinski definition) is 4. The lowest BCUT2D eigenvalue weighted by Gasteiger charge is -2.11. The highest BCUT2D eigenvalue weighted by Crippen LogP contribution is 2.26. The first-order chi connectivity index (χ1) is 8.65. The molecule has 0 radical (unpaired) electrons. The van der Waals surface area contributed by atoms with Gasteiger partial charge in [0, 0.05) is 11.4 Å². The van der Waals surface area contributed by atoms with E-state index in [1.54, 1.807) is 11.8 Å². The van der Waals surface area contributed by atoms with E-state index in [0.717, 1.165) is 22.4 Å². The van der Waals surface area contributed by atoms with Crippen molar-refractivity contribution in [1.82, 2.24) is 0 Å². The molecule has 0 aromatic heterocycles. The summed E-state index contributed by atoms with van der Waals surface area (Å²) in [7, 11) is 0. The predicted octanol–water partition coefficient (Wildman–Crippen LogP) is 3.16. The summed E-state index contributed by atoms with van der Waals surface area (Å²) in [4.78, 5) is 16.3. The van der Waals surface area contributed by atoms with Gasteiger partial charge < -0.3 is 5.32 Å². The number of carbonyl (C=O) groups excluding carboxylic acids is 1. The number of carbonyl (C=O) groups is 1. The van der Waals surface area contributed by atoms with Crippen molar-refractivity contribution in [2.45, 2.75) is 19.1 Å². The summed E-state index contributed by atoms with van der Waals surface area (Å²) in [6.45, 7) is 4.81.